The smallest absolute Gasteiger partial charge is 0.229 e. The highest BCUT2D eigenvalue weighted by Gasteiger charge is 2.39. The molecule has 0 radical (unpaired) electrons. The number of thiazole rings is 1. The lowest BCUT2D eigenvalue weighted by molar-refractivity contribution is -0.117. The highest BCUT2D eigenvalue weighted by atomic mass is 35.5. The molecular formula is C14H13ClN2OS. The Morgan fingerprint density at radius 1 is 1.42 bits per heavy atom. The first kappa shape index (κ1) is 12.6. The van der Waals surface area contributed by atoms with Crippen LogP contribution in [0.5, 0.6) is 0 Å². The van der Waals surface area contributed by atoms with Gasteiger partial charge in [-0.3, -0.25) is 4.79 Å². The molecule has 1 aromatic heterocycles. The van der Waals surface area contributed by atoms with Crippen LogP contribution in [0.3, 0.4) is 0 Å². The normalized spacial score (nSPS) is 21.2. The van der Waals surface area contributed by atoms with Crippen LogP contribution in [0.15, 0.2) is 29.6 Å². The van der Waals surface area contributed by atoms with Crippen LogP contribution in [-0.4, -0.2) is 10.9 Å². The van der Waals surface area contributed by atoms with Gasteiger partial charge >= 0.3 is 0 Å². The summed E-state index contributed by atoms with van der Waals surface area (Å²) in [5.41, 5.74) is 1.86. The maximum absolute atomic E-state index is 11.8. The quantitative estimate of drug-likeness (QED) is 0.927. The average Bonchev–Trinajstić information content (AvgIpc) is 2.95. The Bertz CT molecular complexity index is 608. The van der Waals surface area contributed by atoms with Crippen LogP contribution in [0.2, 0.25) is 5.02 Å². The molecule has 1 saturated carbocycles. The van der Waals surface area contributed by atoms with Gasteiger partial charge in [0.05, 0.1) is 5.69 Å². The molecule has 0 aliphatic heterocycles. The first-order valence-electron chi connectivity index (χ1n) is 6.16. The van der Waals surface area contributed by atoms with E-state index in [1.807, 2.05) is 29.6 Å². The molecular weight excluding hydrogens is 280 g/mol. The van der Waals surface area contributed by atoms with Gasteiger partial charge in [-0.2, -0.15) is 0 Å². The summed E-state index contributed by atoms with van der Waals surface area (Å²) < 4.78 is 0. The summed E-state index contributed by atoms with van der Waals surface area (Å²) in [6, 6.07) is 7.51. The number of rotatable bonds is 3. The van der Waals surface area contributed by atoms with E-state index in [2.05, 4.69) is 17.2 Å². The van der Waals surface area contributed by atoms with Gasteiger partial charge in [-0.1, -0.05) is 30.7 Å². The first-order valence-corrected chi connectivity index (χ1v) is 7.41. The summed E-state index contributed by atoms with van der Waals surface area (Å²) in [5.74, 6) is 0.767. The summed E-state index contributed by atoms with van der Waals surface area (Å²) in [4.78, 5) is 16.2. The van der Waals surface area contributed by atoms with E-state index in [4.69, 9.17) is 11.6 Å². The Kier molecular flexibility index (Phi) is 3.29. The zero-order valence-electron chi connectivity index (χ0n) is 10.4. The number of aromatic nitrogens is 1. The summed E-state index contributed by atoms with van der Waals surface area (Å²) in [5, 5.41) is 6.18. The lowest BCUT2D eigenvalue weighted by Crippen LogP contribution is -2.14. The molecule has 0 saturated heterocycles. The summed E-state index contributed by atoms with van der Waals surface area (Å²) >= 11 is 7.30. The van der Waals surface area contributed by atoms with Crippen molar-refractivity contribution >= 4 is 34.0 Å². The van der Waals surface area contributed by atoms with E-state index in [0.29, 0.717) is 16.1 Å². The molecule has 1 heterocycles. The van der Waals surface area contributed by atoms with Crippen LogP contribution in [0.4, 0.5) is 5.13 Å². The average molecular weight is 293 g/mol. The fraction of sp³-hybridized carbons (Fsp3) is 0.286. The molecule has 0 bridgehead atoms. The minimum absolute atomic E-state index is 0.0875. The fourth-order valence-corrected chi connectivity index (χ4v) is 2.82. The number of hydrogen-bond donors (Lipinski definition) is 1. The SMILES string of the molecule is C[C@@H]1C[C@@H]1C(=O)Nc1nc(-c2ccc(Cl)cc2)cs1. The third kappa shape index (κ3) is 2.80. The molecule has 2 aromatic rings. The molecule has 1 fully saturated rings. The molecule has 1 aromatic carbocycles. The molecule has 3 nitrogen and oxygen atoms in total. The number of benzene rings is 1. The Morgan fingerprint density at radius 3 is 2.74 bits per heavy atom. The van der Waals surface area contributed by atoms with E-state index in [9.17, 15) is 4.79 Å². The second-order valence-corrected chi connectivity index (χ2v) is 6.15. The van der Waals surface area contributed by atoms with Gasteiger partial charge in [0.15, 0.2) is 5.13 Å². The van der Waals surface area contributed by atoms with Gasteiger partial charge in [-0.05, 0) is 24.5 Å². The minimum atomic E-state index is 0.0875. The Morgan fingerprint density at radius 2 is 2.11 bits per heavy atom. The van der Waals surface area contributed by atoms with Crippen molar-refractivity contribution in [3.05, 3.63) is 34.7 Å². The van der Waals surface area contributed by atoms with Crippen molar-refractivity contribution in [1.29, 1.82) is 0 Å². The molecule has 5 heteroatoms. The summed E-state index contributed by atoms with van der Waals surface area (Å²) in [6.45, 7) is 2.09. The van der Waals surface area contributed by atoms with E-state index >= 15 is 0 Å². The number of nitrogens with zero attached hydrogens (tertiary/aromatic N) is 1. The van der Waals surface area contributed by atoms with Crippen molar-refractivity contribution in [3.63, 3.8) is 0 Å². The Hall–Kier alpha value is -1.39. The zero-order valence-corrected chi connectivity index (χ0v) is 12.0. The lowest BCUT2D eigenvalue weighted by atomic mass is 10.2. The maximum Gasteiger partial charge on any atom is 0.229 e. The number of carbonyl (C=O) groups excluding carboxylic acids is 1. The maximum atomic E-state index is 11.8. The molecule has 98 valence electrons. The lowest BCUT2D eigenvalue weighted by Gasteiger charge is -1.99. The van der Waals surface area contributed by atoms with Gasteiger partial charge < -0.3 is 5.32 Å². The zero-order chi connectivity index (χ0) is 13.4. The van der Waals surface area contributed by atoms with Crippen molar-refractivity contribution in [2.24, 2.45) is 11.8 Å². The van der Waals surface area contributed by atoms with Crippen molar-refractivity contribution in [3.8, 4) is 11.3 Å². The van der Waals surface area contributed by atoms with Gasteiger partial charge in [0.1, 0.15) is 0 Å². The highest BCUT2D eigenvalue weighted by Crippen LogP contribution is 2.38. The fourth-order valence-electron chi connectivity index (χ4n) is 1.97. The Balaban J connectivity index is 1.72. The molecule has 1 amide bonds. The van der Waals surface area contributed by atoms with Gasteiger partial charge in [-0.15, -0.1) is 11.3 Å². The number of halogens is 1. The second-order valence-electron chi connectivity index (χ2n) is 4.85. The van der Waals surface area contributed by atoms with Crippen molar-refractivity contribution in [2.75, 3.05) is 5.32 Å². The second kappa shape index (κ2) is 4.94. The van der Waals surface area contributed by atoms with Gasteiger partial charge in [0.2, 0.25) is 5.91 Å². The van der Waals surface area contributed by atoms with E-state index in [1.54, 1.807) is 0 Å². The van der Waals surface area contributed by atoms with Crippen molar-refractivity contribution < 1.29 is 4.79 Å². The van der Waals surface area contributed by atoms with E-state index in [1.165, 1.54) is 11.3 Å². The van der Waals surface area contributed by atoms with E-state index in [0.717, 1.165) is 17.7 Å². The molecule has 0 unspecified atom stereocenters. The third-order valence-corrected chi connectivity index (χ3v) is 4.33. The van der Waals surface area contributed by atoms with Crippen LogP contribution >= 0.6 is 22.9 Å². The van der Waals surface area contributed by atoms with Crippen molar-refractivity contribution in [2.45, 2.75) is 13.3 Å². The number of amides is 1. The Labute approximate surface area is 120 Å². The van der Waals surface area contributed by atoms with Crippen molar-refractivity contribution in [1.82, 2.24) is 4.98 Å². The standard InChI is InChI=1S/C14H13ClN2OS/c1-8-6-11(8)13(18)17-14-16-12(7-19-14)9-2-4-10(15)5-3-9/h2-5,7-8,11H,6H2,1H3,(H,16,17,18)/t8-,11+/m1/s1. The van der Waals surface area contributed by atoms with Crippen LogP contribution in [0.1, 0.15) is 13.3 Å². The number of nitrogens with one attached hydrogen (secondary N) is 1. The molecule has 1 aliphatic carbocycles. The molecule has 1 N–H and O–H groups in total. The molecule has 19 heavy (non-hydrogen) atoms. The molecule has 2 atom stereocenters. The third-order valence-electron chi connectivity index (χ3n) is 3.32. The molecule has 3 rings (SSSR count). The molecule has 0 spiro atoms. The van der Waals surface area contributed by atoms with Gasteiger partial charge in [0.25, 0.3) is 0 Å². The topological polar surface area (TPSA) is 42.0 Å². The summed E-state index contributed by atoms with van der Waals surface area (Å²) in [7, 11) is 0. The monoisotopic (exact) mass is 292 g/mol. The highest BCUT2D eigenvalue weighted by molar-refractivity contribution is 7.14. The van der Waals surface area contributed by atoms with Gasteiger partial charge in [0, 0.05) is 21.9 Å². The van der Waals surface area contributed by atoms with Crippen LogP contribution in [-0.2, 0) is 4.79 Å². The predicted molar refractivity (Wildman–Crippen MR) is 78.5 cm³/mol. The minimum Gasteiger partial charge on any atom is -0.302 e. The van der Waals surface area contributed by atoms with Crippen LogP contribution in [0, 0.1) is 11.8 Å². The van der Waals surface area contributed by atoms with Gasteiger partial charge in [-0.25, -0.2) is 4.98 Å². The largest absolute Gasteiger partial charge is 0.302 e. The molecule has 1 aliphatic rings. The summed E-state index contributed by atoms with van der Waals surface area (Å²) in [6.07, 6.45) is 0.987. The predicted octanol–water partition coefficient (Wildman–Crippen LogP) is 4.06. The number of hydrogen-bond acceptors (Lipinski definition) is 3. The van der Waals surface area contributed by atoms with Crippen LogP contribution < -0.4 is 5.32 Å². The first-order chi connectivity index (χ1) is 9.13. The number of carbonyl (C=O) groups is 1. The van der Waals surface area contributed by atoms with E-state index < -0.39 is 0 Å². The van der Waals surface area contributed by atoms with E-state index in [-0.39, 0.29) is 11.8 Å². The van der Waals surface area contributed by atoms with Crippen LogP contribution in [0.25, 0.3) is 11.3 Å². The number of anilines is 1.